The molecule has 0 saturated carbocycles. The minimum Gasteiger partial charge on any atom is -0.310 e. The minimum absolute atomic E-state index is 0.460. The Balaban J connectivity index is 0.954. The molecule has 0 spiro atoms. The lowest BCUT2D eigenvalue weighted by Crippen LogP contribution is -2.31. The van der Waals surface area contributed by atoms with Gasteiger partial charge in [-0.15, -0.1) is 0 Å². The van der Waals surface area contributed by atoms with Gasteiger partial charge in [0.2, 0.25) is 0 Å². The smallest absolute Gasteiger partial charge is 0.160 e. The van der Waals surface area contributed by atoms with Gasteiger partial charge < -0.3 is 9.13 Å². The first kappa shape index (κ1) is 36.7. The molecule has 1 unspecified atom stereocenters. The Morgan fingerprint density at radius 3 is 1.70 bits per heavy atom. The van der Waals surface area contributed by atoms with Crippen LogP contribution in [0.4, 0.5) is 0 Å². The highest BCUT2D eigenvalue weighted by Gasteiger charge is 2.18. The molecule has 298 valence electrons. The summed E-state index contributed by atoms with van der Waals surface area (Å²) < 4.78 is 4.84. The van der Waals surface area contributed by atoms with Crippen molar-refractivity contribution >= 4 is 44.9 Å². The average molecular weight is 807 g/mol. The maximum atomic E-state index is 5.13. The van der Waals surface area contributed by atoms with Crippen LogP contribution in [0.25, 0.3) is 112 Å². The standard InChI is InChI=1S/C59H42N4/c1-39-27-30-56-50(33-39)52-37-45(44-28-31-57-51(36-44)49-25-11-12-26-55(49)62(57)47-22-9-4-10-23-47)29-32-58(52)63(56)48-24-14-20-43(35-48)42-19-13-21-46(34-42)54-38-53(40-15-5-2-6-16-40)60-59(61-54)41-17-7-3-8-18-41/h2-26,28-39H,27H2,1H3. The maximum absolute atomic E-state index is 5.13. The van der Waals surface area contributed by atoms with Gasteiger partial charge in [0.25, 0.3) is 0 Å². The monoisotopic (exact) mass is 806 g/mol. The number of hydrogen-bond acceptors (Lipinski definition) is 2. The van der Waals surface area contributed by atoms with Crippen LogP contribution in [-0.4, -0.2) is 19.1 Å². The number of aromatic nitrogens is 4. The molecule has 12 rings (SSSR count). The van der Waals surface area contributed by atoms with Crippen LogP contribution in [0.5, 0.6) is 0 Å². The third kappa shape index (κ3) is 6.47. The molecular weight excluding hydrogens is 765 g/mol. The number of para-hydroxylation sites is 2. The zero-order valence-electron chi connectivity index (χ0n) is 34.9. The highest BCUT2D eigenvalue weighted by atomic mass is 15.0. The van der Waals surface area contributed by atoms with Crippen molar-refractivity contribution in [1.29, 1.82) is 0 Å². The molecule has 0 radical (unpaired) electrons. The third-order valence-corrected chi connectivity index (χ3v) is 12.6. The summed E-state index contributed by atoms with van der Waals surface area (Å²) >= 11 is 0. The maximum Gasteiger partial charge on any atom is 0.160 e. The molecule has 0 fully saturated rings. The van der Waals surface area contributed by atoms with Crippen LogP contribution in [-0.2, 0) is 0 Å². The van der Waals surface area contributed by atoms with Gasteiger partial charge in [-0.05, 0) is 101 Å². The van der Waals surface area contributed by atoms with Gasteiger partial charge in [-0.25, -0.2) is 9.97 Å². The zero-order chi connectivity index (χ0) is 41.9. The van der Waals surface area contributed by atoms with Crippen LogP contribution in [0, 0.1) is 5.92 Å². The van der Waals surface area contributed by atoms with Gasteiger partial charge in [0.15, 0.2) is 5.82 Å². The van der Waals surface area contributed by atoms with Crippen LogP contribution in [0.3, 0.4) is 0 Å². The van der Waals surface area contributed by atoms with Crippen molar-refractivity contribution in [2.45, 2.75) is 13.3 Å². The first-order valence-corrected chi connectivity index (χ1v) is 21.8. The highest BCUT2D eigenvalue weighted by Crippen LogP contribution is 2.36. The molecule has 0 saturated heterocycles. The molecule has 4 nitrogen and oxygen atoms in total. The number of hydrogen-bond donors (Lipinski definition) is 0. The molecule has 1 aliphatic carbocycles. The van der Waals surface area contributed by atoms with Crippen LogP contribution in [0.15, 0.2) is 206 Å². The van der Waals surface area contributed by atoms with Crippen LogP contribution in [0.1, 0.15) is 13.3 Å². The summed E-state index contributed by atoms with van der Waals surface area (Å²) in [6.45, 7) is 2.32. The van der Waals surface area contributed by atoms with Crippen molar-refractivity contribution in [1.82, 2.24) is 19.1 Å². The average Bonchev–Trinajstić information content (AvgIpc) is 3.86. The molecule has 11 aromatic rings. The van der Waals surface area contributed by atoms with E-state index >= 15 is 0 Å². The minimum atomic E-state index is 0.460. The van der Waals surface area contributed by atoms with Gasteiger partial charge in [-0.3, -0.25) is 0 Å². The Kier molecular flexibility index (Phi) is 8.82. The number of benzene rings is 8. The summed E-state index contributed by atoms with van der Waals surface area (Å²) in [5.74, 6) is 1.17. The Bertz CT molecular complexity index is 3600. The van der Waals surface area contributed by atoms with E-state index in [9.17, 15) is 0 Å². The van der Waals surface area contributed by atoms with E-state index in [1.165, 1.54) is 60.1 Å². The van der Waals surface area contributed by atoms with E-state index in [2.05, 4.69) is 210 Å². The van der Waals surface area contributed by atoms with Crippen LogP contribution in [0.2, 0.25) is 0 Å². The molecule has 3 aromatic heterocycles. The molecule has 1 aliphatic rings. The summed E-state index contributed by atoms with van der Waals surface area (Å²) in [7, 11) is 0. The van der Waals surface area contributed by atoms with E-state index < -0.39 is 0 Å². The quantitative estimate of drug-likeness (QED) is 0.161. The first-order valence-electron chi connectivity index (χ1n) is 21.8. The lowest BCUT2D eigenvalue weighted by molar-refractivity contribution is 0.795. The van der Waals surface area contributed by atoms with Crippen LogP contribution < -0.4 is 10.6 Å². The zero-order valence-corrected chi connectivity index (χ0v) is 34.9. The van der Waals surface area contributed by atoms with Crippen molar-refractivity contribution < 1.29 is 0 Å². The second-order valence-electron chi connectivity index (χ2n) is 16.7. The molecule has 0 amide bonds. The fourth-order valence-electron chi connectivity index (χ4n) is 9.58. The first-order chi connectivity index (χ1) is 31.1. The van der Waals surface area contributed by atoms with E-state index in [0.29, 0.717) is 11.7 Å². The largest absolute Gasteiger partial charge is 0.310 e. The Morgan fingerprint density at radius 1 is 0.397 bits per heavy atom. The fourth-order valence-corrected chi connectivity index (χ4v) is 9.58. The van der Waals surface area contributed by atoms with E-state index in [-0.39, 0.29) is 0 Å². The molecule has 1 atom stereocenters. The SMILES string of the molecule is CC1C=c2c(n(-c3cccc(-c4cccc(-c5cc(-c6ccccc6)nc(-c6ccccc6)n5)c4)c3)c3ccc(-c4ccc5c(c4)c4ccccc4n5-c4ccccc4)cc23)=CC1. The summed E-state index contributed by atoms with van der Waals surface area (Å²) in [5, 5.41) is 6.36. The van der Waals surface area contributed by atoms with Crippen molar-refractivity contribution in [3.63, 3.8) is 0 Å². The topological polar surface area (TPSA) is 35.6 Å². The molecule has 8 aromatic carbocycles. The van der Waals surface area contributed by atoms with Crippen molar-refractivity contribution in [3.05, 3.63) is 217 Å². The van der Waals surface area contributed by atoms with Gasteiger partial charge in [0.05, 0.1) is 27.9 Å². The molecule has 63 heavy (non-hydrogen) atoms. The summed E-state index contributed by atoms with van der Waals surface area (Å²) in [6, 6.07) is 73.8. The van der Waals surface area contributed by atoms with Crippen LogP contribution >= 0.6 is 0 Å². The van der Waals surface area contributed by atoms with Gasteiger partial charge in [-0.1, -0.05) is 159 Å². The molecule has 0 aliphatic heterocycles. The van der Waals surface area contributed by atoms with Crippen molar-refractivity contribution in [2.75, 3.05) is 0 Å². The second kappa shape index (κ2) is 15.1. The number of nitrogens with zero attached hydrogens (tertiary/aromatic N) is 4. The Labute approximate surface area is 366 Å². The van der Waals surface area contributed by atoms with Gasteiger partial charge >= 0.3 is 0 Å². The van der Waals surface area contributed by atoms with Gasteiger partial charge in [-0.2, -0.15) is 0 Å². The molecule has 3 heterocycles. The van der Waals surface area contributed by atoms with Crippen molar-refractivity contribution in [3.8, 4) is 67.5 Å². The Hall–Kier alpha value is -8.08. The predicted molar refractivity (Wildman–Crippen MR) is 262 cm³/mol. The molecule has 4 heteroatoms. The Morgan fingerprint density at radius 2 is 0.937 bits per heavy atom. The normalized spacial score (nSPS) is 13.5. The summed E-state index contributed by atoms with van der Waals surface area (Å²) in [4.78, 5) is 10.1. The summed E-state index contributed by atoms with van der Waals surface area (Å²) in [5.41, 5.74) is 15.6. The van der Waals surface area contributed by atoms with E-state index in [4.69, 9.17) is 9.97 Å². The van der Waals surface area contributed by atoms with E-state index in [1.807, 2.05) is 24.3 Å². The number of rotatable bonds is 7. The number of fused-ring (bicyclic) bond motifs is 6. The van der Waals surface area contributed by atoms with E-state index in [1.54, 1.807) is 0 Å². The molecule has 0 bridgehead atoms. The van der Waals surface area contributed by atoms with Gasteiger partial charge in [0.1, 0.15) is 0 Å². The molecule has 0 N–H and O–H groups in total. The lowest BCUT2D eigenvalue weighted by atomic mass is 9.98. The molecular formula is C59H42N4. The summed E-state index contributed by atoms with van der Waals surface area (Å²) in [6.07, 6.45) is 5.91. The fraction of sp³-hybridized carbons (Fsp3) is 0.0508. The van der Waals surface area contributed by atoms with Crippen molar-refractivity contribution in [2.24, 2.45) is 5.92 Å². The third-order valence-electron chi connectivity index (χ3n) is 12.6. The van der Waals surface area contributed by atoms with E-state index in [0.717, 1.165) is 51.3 Å². The lowest BCUT2D eigenvalue weighted by Gasteiger charge is -2.13. The van der Waals surface area contributed by atoms with Gasteiger partial charge in [0, 0.05) is 54.8 Å². The second-order valence-corrected chi connectivity index (χ2v) is 16.7. The predicted octanol–water partition coefficient (Wildman–Crippen LogP) is 13.5. The highest BCUT2D eigenvalue weighted by molar-refractivity contribution is 6.10.